The van der Waals surface area contributed by atoms with Crippen molar-refractivity contribution < 1.29 is 9.47 Å². The summed E-state index contributed by atoms with van der Waals surface area (Å²) in [4.78, 5) is 0. The first kappa shape index (κ1) is 13.8. The van der Waals surface area contributed by atoms with E-state index in [1.807, 2.05) is 12.1 Å². The molecule has 0 radical (unpaired) electrons. The predicted octanol–water partition coefficient (Wildman–Crippen LogP) is 1.85. The second kappa shape index (κ2) is 5.91. The quantitative estimate of drug-likeness (QED) is 0.449. The van der Waals surface area contributed by atoms with E-state index < -0.39 is 0 Å². The molecule has 4 nitrogen and oxygen atoms in total. The van der Waals surface area contributed by atoms with E-state index in [4.69, 9.17) is 20.6 Å². The van der Waals surface area contributed by atoms with E-state index in [0.717, 1.165) is 26.9 Å². The molecule has 0 aliphatic carbocycles. The Morgan fingerprint density at radius 3 is 2.69 bits per heavy atom. The molecule has 0 bridgehead atoms. The van der Waals surface area contributed by atoms with Crippen molar-refractivity contribution in [2.45, 2.75) is 5.32 Å². The summed E-state index contributed by atoms with van der Waals surface area (Å²) in [6, 6.07) is 3.84. The second-order valence-electron chi connectivity index (χ2n) is 2.95. The van der Waals surface area contributed by atoms with Crippen LogP contribution in [0.1, 0.15) is 5.56 Å². The van der Waals surface area contributed by atoms with Gasteiger partial charge in [-0.2, -0.15) is 0 Å². The Morgan fingerprint density at radius 1 is 1.44 bits per heavy atom. The standard InChI is InChI=1S/C9H9BrN2O2Se.BrH/c10-6-2-8-7(13-4-14-8)1-5(6)3-15-9(11)12;/h1-2H,3-4H2,(H3,11,12);1H. The van der Waals surface area contributed by atoms with Crippen LogP contribution >= 0.6 is 32.9 Å². The van der Waals surface area contributed by atoms with E-state index >= 15 is 0 Å². The summed E-state index contributed by atoms with van der Waals surface area (Å²) >= 11 is 3.47. The van der Waals surface area contributed by atoms with Crippen LogP contribution < -0.4 is 15.2 Å². The van der Waals surface area contributed by atoms with E-state index in [2.05, 4.69) is 15.9 Å². The van der Waals surface area contributed by atoms with Gasteiger partial charge in [0.05, 0.1) is 0 Å². The second-order valence-corrected chi connectivity index (χ2v) is 5.94. The van der Waals surface area contributed by atoms with Gasteiger partial charge in [0.2, 0.25) is 0 Å². The van der Waals surface area contributed by atoms with E-state index in [-0.39, 0.29) is 43.5 Å². The Bertz CT molecular complexity index is 415. The van der Waals surface area contributed by atoms with Crippen LogP contribution in [0.4, 0.5) is 0 Å². The zero-order chi connectivity index (χ0) is 10.8. The van der Waals surface area contributed by atoms with Crippen molar-refractivity contribution in [3.8, 4) is 11.5 Å². The van der Waals surface area contributed by atoms with Gasteiger partial charge in [0, 0.05) is 0 Å². The summed E-state index contributed by atoms with van der Waals surface area (Å²) < 4.78 is 11.8. The van der Waals surface area contributed by atoms with E-state index in [1.54, 1.807) is 0 Å². The molecule has 0 saturated heterocycles. The zero-order valence-electron chi connectivity index (χ0n) is 8.16. The van der Waals surface area contributed by atoms with Gasteiger partial charge in [-0.05, 0) is 0 Å². The normalized spacial score (nSPS) is 12.1. The van der Waals surface area contributed by atoms with Gasteiger partial charge >= 0.3 is 102 Å². The van der Waals surface area contributed by atoms with Gasteiger partial charge in [0.25, 0.3) is 0 Å². The molecular weight excluding hydrogens is 407 g/mol. The number of rotatable bonds is 3. The Balaban J connectivity index is 0.00000128. The average Bonchev–Trinajstić information content (AvgIpc) is 2.60. The molecule has 3 N–H and O–H groups in total. The molecule has 0 fully saturated rings. The molecule has 7 heteroatoms. The minimum atomic E-state index is 0. The molecule has 1 heterocycles. The van der Waals surface area contributed by atoms with Gasteiger partial charge < -0.3 is 0 Å². The number of fused-ring (bicyclic) bond motifs is 1. The number of hydrogen-bond acceptors (Lipinski definition) is 3. The van der Waals surface area contributed by atoms with Crippen molar-refractivity contribution in [3.63, 3.8) is 0 Å². The molecule has 0 saturated carbocycles. The first-order valence-corrected chi connectivity index (χ1v) is 7.08. The SMILES string of the molecule is Br.N=C(N)[Se]Cc1cc2c(cc1Br)OCO2. The first-order valence-electron chi connectivity index (χ1n) is 4.21. The fraction of sp³-hybridized carbons (Fsp3) is 0.222. The van der Waals surface area contributed by atoms with Crippen molar-refractivity contribution >= 4 is 52.6 Å². The first-order chi connectivity index (χ1) is 7.16. The monoisotopic (exact) mass is 416 g/mol. The van der Waals surface area contributed by atoms with Crippen LogP contribution in [0.3, 0.4) is 0 Å². The molecule has 0 aromatic heterocycles. The fourth-order valence-electron chi connectivity index (χ4n) is 1.23. The van der Waals surface area contributed by atoms with Crippen LogP contribution in [0.2, 0.25) is 0 Å². The molecule has 16 heavy (non-hydrogen) atoms. The van der Waals surface area contributed by atoms with Crippen LogP contribution in [-0.4, -0.2) is 26.5 Å². The molecule has 0 spiro atoms. The van der Waals surface area contributed by atoms with Crippen LogP contribution in [-0.2, 0) is 5.32 Å². The van der Waals surface area contributed by atoms with Crippen LogP contribution in [0.15, 0.2) is 16.6 Å². The van der Waals surface area contributed by atoms with E-state index in [1.165, 1.54) is 0 Å². The molecule has 88 valence electrons. The molecule has 1 aliphatic rings. The Morgan fingerprint density at radius 2 is 2.06 bits per heavy atom. The average molecular weight is 417 g/mol. The summed E-state index contributed by atoms with van der Waals surface area (Å²) in [7, 11) is 0. The van der Waals surface area contributed by atoms with Gasteiger partial charge in [0.1, 0.15) is 0 Å². The van der Waals surface area contributed by atoms with E-state index in [0.29, 0.717) is 0 Å². The van der Waals surface area contributed by atoms with Gasteiger partial charge in [-0.15, -0.1) is 17.0 Å². The number of halogens is 2. The summed E-state index contributed by atoms with van der Waals surface area (Å²) in [6.45, 7) is 0.281. The summed E-state index contributed by atoms with van der Waals surface area (Å²) in [6.07, 6.45) is 0. The molecule has 0 unspecified atom stereocenters. The van der Waals surface area contributed by atoms with Crippen molar-refractivity contribution in [2.24, 2.45) is 5.73 Å². The predicted molar refractivity (Wildman–Crippen MR) is 72.0 cm³/mol. The number of nitrogens with two attached hydrogens (primary N) is 1. The number of nitrogens with one attached hydrogen (secondary N) is 1. The van der Waals surface area contributed by atoms with Crippen molar-refractivity contribution in [3.05, 3.63) is 22.2 Å². The molecule has 0 atom stereocenters. The van der Waals surface area contributed by atoms with Crippen LogP contribution in [0.25, 0.3) is 0 Å². The van der Waals surface area contributed by atoms with Crippen LogP contribution in [0, 0.1) is 5.41 Å². The molecule has 0 amide bonds. The molecular formula is C9H10Br2N2O2Se. The number of hydrogen-bond donors (Lipinski definition) is 2. The fourth-order valence-corrected chi connectivity index (χ4v) is 3.26. The van der Waals surface area contributed by atoms with Gasteiger partial charge in [-0.25, -0.2) is 0 Å². The third kappa shape index (κ3) is 3.13. The van der Waals surface area contributed by atoms with E-state index in [9.17, 15) is 0 Å². The summed E-state index contributed by atoms with van der Waals surface area (Å²) in [5.74, 6) is 1.54. The summed E-state index contributed by atoms with van der Waals surface area (Å²) in [5, 5.41) is 7.99. The number of benzene rings is 1. The van der Waals surface area contributed by atoms with Crippen molar-refractivity contribution in [1.29, 1.82) is 5.41 Å². The molecule has 1 aromatic carbocycles. The van der Waals surface area contributed by atoms with Gasteiger partial charge in [-0.3, -0.25) is 0 Å². The number of amidine groups is 1. The van der Waals surface area contributed by atoms with Crippen LogP contribution in [0.5, 0.6) is 11.5 Å². The molecule has 2 rings (SSSR count). The van der Waals surface area contributed by atoms with Crippen molar-refractivity contribution in [2.75, 3.05) is 6.79 Å². The van der Waals surface area contributed by atoms with Gasteiger partial charge in [0.15, 0.2) is 0 Å². The zero-order valence-corrected chi connectivity index (χ0v) is 13.2. The molecule has 1 aromatic rings. The number of ether oxygens (including phenoxy) is 2. The third-order valence-electron chi connectivity index (χ3n) is 1.92. The maximum atomic E-state index is 7.20. The Labute approximate surface area is 118 Å². The Kier molecular flexibility index (Phi) is 5.11. The third-order valence-corrected chi connectivity index (χ3v) is 4.27. The van der Waals surface area contributed by atoms with Crippen molar-refractivity contribution in [1.82, 2.24) is 0 Å². The Hall–Kier alpha value is -0.231. The summed E-state index contributed by atoms with van der Waals surface area (Å²) in [5.41, 5.74) is 6.45. The maximum absolute atomic E-state index is 7.20. The molecule has 1 aliphatic heterocycles. The topological polar surface area (TPSA) is 68.3 Å². The minimum absolute atomic E-state index is 0. The van der Waals surface area contributed by atoms with Gasteiger partial charge in [-0.1, -0.05) is 0 Å².